The lowest BCUT2D eigenvalue weighted by Gasteiger charge is -2.08. The van der Waals surface area contributed by atoms with Gasteiger partial charge in [0, 0.05) is 11.8 Å². The Morgan fingerprint density at radius 3 is 2.14 bits per heavy atom. The van der Waals surface area contributed by atoms with Crippen LogP contribution in [-0.4, -0.2) is 30.7 Å². The van der Waals surface area contributed by atoms with Crippen molar-refractivity contribution in [1.29, 1.82) is 0 Å². The van der Waals surface area contributed by atoms with Crippen LogP contribution < -0.4 is 5.73 Å². The van der Waals surface area contributed by atoms with Gasteiger partial charge in [0.15, 0.2) is 21.4 Å². The molecule has 21 heavy (non-hydrogen) atoms. The van der Waals surface area contributed by atoms with E-state index in [2.05, 4.69) is 0 Å². The second-order valence-electron chi connectivity index (χ2n) is 4.52. The normalized spacial score (nSPS) is 11.3. The number of rotatable bonds is 3. The van der Waals surface area contributed by atoms with Crippen LogP contribution in [0.1, 0.15) is 15.9 Å². The molecule has 0 aliphatic rings. The zero-order valence-electron chi connectivity index (χ0n) is 11.1. The molecule has 0 aliphatic carbocycles. The minimum atomic E-state index is -3.34. The van der Waals surface area contributed by atoms with Crippen molar-refractivity contribution in [3.05, 3.63) is 47.5 Å². The van der Waals surface area contributed by atoms with Crippen LogP contribution in [0.25, 0.3) is 0 Å². The van der Waals surface area contributed by atoms with Crippen molar-refractivity contribution < 1.29 is 23.4 Å². The summed E-state index contributed by atoms with van der Waals surface area (Å²) >= 11 is 0. The maximum Gasteiger partial charge on any atom is 0.196 e. The molecule has 0 aliphatic heterocycles. The van der Waals surface area contributed by atoms with Gasteiger partial charge in [-0.3, -0.25) is 4.79 Å². The Bertz CT molecular complexity index is 810. The first kappa shape index (κ1) is 14.9. The molecule has 7 heteroatoms. The number of carbonyl (C=O) groups is 1. The third-order valence-electron chi connectivity index (χ3n) is 2.98. The van der Waals surface area contributed by atoms with Crippen molar-refractivity contribution in [3.63, 3.8) is 0 Å². The molecule has 0 amide bonds. The number of nitrogens with two attached hydrogens (primary N) is 1. The SMILES string of the molecule is CS(=O)(=O)c1ccc(C(=O)c2ccc(O)c(N)c2O)cc1. The monoisotopic (exact) mass is 307 g/mol. The van der Waals surface area contributed by atoms with Gasteiger partial charge < -0.3 is 15.9 Å². The highest BCUT2D eigenvalue weighted by Crippen LogP contribution is 2.34. The molecule has 0 spiro atoms. The minimum absolute atomic E-state index is 0.0718. The van der Waals surface area contributed by atoms with Gasteiger partial charge in [0.25, 0.3) is 0 Å². The van der Waals surface area contributed by atoms with Gasteiger partial charge in [-0.25, -0.2) is 8.42 Å². The molecule has 4 N–H and O–H groups in total. The highest BCUT2D eigenvalue weighted by molar-refractivity contribution is 7.90. The molecule has 0 saturated heterocycles. The molecule has 0 unspecified atom stereocenters. The fourth-order valence-corrected chi connectivity index (χ4v) is 2.42. The predicted octanol–water partition coefficient (Wildman–Crippen LogP) is 1.31. The van der Waals surface area contributed by atoms with E-state index >= 15 is 0 Å². The molecule has 0 bridgehead atoms. The van der Waals surface area contributed by atoms with E-state index in [9.17, 15) is 23.4 Å². The lowest BCUT2D eigenvalue weighted by molar-refractivity contribution is 0.103. The highest BCUT2D eigenvalue weighted by Gasteiger charge is 2.18. The number of sulfone groups is 1. The van der Waals surface area contributed by atoms with Crippen LogP contribution in [0.15, 0.2) is 41.3 Å². The standard InChI is InChI=1S/C14H13NO5S/c1-21(19,20)9-4-2-8(3-5-9)13(17)10-6-7-11(16)12(15)14(10)18/h2-7,16,18H,15H2,1H3. The quantitative estimate of drug-likeness (QED) is 0.447. The van der Waals surface area contributed by atoms with Gasteiger partial charge in [0.05, 0.1) is 10.5 Å². The van der Waals surface area contributed by atoms with E-state index in [0.29, 0.717) is 0 Å². The van der Waals surface area contributed by atoms with Gasteiger partial charge in [0.2, 0.25) is 0 Å². The van der Waals surface area contributed by atoms with E-state index in [4.69, 9.17) is 5.73 Å². The molecule has 0 radical (unpaired) electrons. The summed E-state index contributed by atoms with van der Waals surface area (Å²) in [5.41, 5.74) is 5.29. The fourth-order valence-electron chi connectivity index (χ4n) is 1.79. The summed E-state index contributed by atoms with van der Waals surface area (Å²) in [4.78, 5) is 12.3. The molecule has 0 aromatic heterocycles. The number of anilines is 1. The van der Waals surface area contributed by atoms with Gasteiger partial charge in [-0.2, -0.15) is 0 Å². The number of carbonyl (C=O) groups excluding carboxylic acids is 1. The van der Waals surface area contributed by atoms with Crippen LogP contribution in [-0.2, 0) is 9.84 Å². The zero-order valence-corrected chi connectivity index (χ0v) is 11.9. The third kappa shape index (κ3) is 2.82. The number of phenolic OH excluding ortho intramolecular Hbond substituents is 2. The summed E-state index contributed by atoms with van der Waals surface area (Å²) in [5.74, 6) is -1.36. The molecule has 0 saturated carbocycles. The smallest absolute Gasteiger partial charge is 0.196 e. The van der Waals surface area contributed by atoms with E-state index < -0.39 is 21.4 Å². The maximum atomic E-state index is 12.2. The van der Waals surface area contributed by atoms with Crippen LogP contribution >= 0.6 is 0 Å². The lowest BCUT2D eigenvalue weighted by atomic mass is 10.0. The molecule has 6 nitrogen and oxygen atoms in total. The Kier molecular flexibility index (Phi) is 3.61. The fraction of sp³-hybridized carbons (Fsp3) is 0.0714. The number of nitrogen functional groups attached to an aromatic ring is 1. The summed E-state index contributed by atoms with van der Waals surface area (Å²) in [6.07, 6.45) is 1.07. The van der Waals surface area contributed by atoms with Gasteiger partial charge >= 0.3 is 0 Å². The molecule has 2 aromatic rings. The van der Waals surface area contributed by atoms with Crippen LogP contribution in [0, 0.1) is 0 Å². The summed E-state index contributed by atoms with van der Waals surface area (Å²) < 4.78 is 22.7. The van der Waals surface area contributed by atoms with Gasteiger partial charge in [-0.15, -0.1) is 0 Å². The molecule has 2 rings (SSSR count). The lowest BCUT2D eigenvalue weighted by Crippen LogP contribution is -2.04. The number of benzene rings is 2. The first-order chi connectivity index (χ1) is 9.71. The van der Waals surface area contributed by atoms with Gasteiger partial charge in [0.1, 0.15) is 11.4 Å². The highest BCUT2D eigenvalue weighted by atomic mass is 32.2. The van der Waals surface area contributed by atoms with Gasteiger partial charge in [-0.1, -0.05) is 0 Å². The first-order valence-corrected chi connectivity index (χ1v) is 7.76. The molecule has 0 atom stereocenters. The Morgan fingerprint density at radius 2 is 1.62 bits per heavy atom. The maximum absolute atomic E-state index is 12.2. The predicted molar refractivity (Wildman–Crippen MR) is 77.2 cm³/mol. The Labute approximate surface area is 121 Å². The van der Waals surface area contributed by atoms with Crippen LogP contribution in [0.5, 0.6) is 11.5 Å². The van der Waals surface area contributed by atoms with Crippen molar-refractivity contribution in [2.45, 2.75) is 4.90 Å². The number of aromatic hydroxyl groups is 2. The van der Waals surface area contributed by atoms with Crippen molar-refractivity contribution >= 4 is 21.3 Å². The minimum Gasteiger partial charge on any atom is -0.506 e. The number of hydrogen-bond donors (Lipinski definition) is 3. The zero-order chi connectivity index (χ0) is 15.8. The average molecular weight is 307 g/mol. The summed E-state index contributed by atoms with van der Waals surface area (Å²) in [7, 11) is -3.34. The molecule has 0 fully saturated rings. The second-order valence-corrected chi connectivity index (χ2v) is 6.54. The number of hydrogen-bond acceptors (Lipinski definition) is 6. The molecule has 2 aromatic carbocycles. The topological polar surface area (TPSA) is 118 Å². The van der Waals surface area contributed by atoms with Crippen LogP contribution in [0.4, 0.5) is 5.69 Å². The molecular formula is C14H13NO5S. The third-order valence-corrected chi connectivity index (χ3v) is 4.11. The second kappa shape index (κ2) is 5.10. The van der Waals surface area contributed by atoms with Crippen LogP contribution in [0.3, 0.4) is 0 Å². The van der Waals surface area contributed by atoms with E-state index in [1.54, 1.807) is 0 Å². The molecule has 110 valence electrons. The summed E-state index contributed by atoms with van der Waals surface area (Å²) in [6, 6.07) is 7.76. The van der Waals surface area contributed by atoms with Crippen molar-refractivity contribution in [2.24, 2.45) is 0 Å². The van der Waals surface area contributed by atoms with Crippen molar-refractivity contribution in [2.75, 3.05) is 12.0 Å². The van der Waals surface area contributed by atoms with E-state index in [0.717, 1.165) is 6.26 Å². The van der Waals surface area contributed by atoms with E-state index in [1.165, 1.54) is 36.4 Å². The van der Waals surface area contributed by atoms with Crippen LogP contribution in [0.2, 0.25) is 0 Å². The number of ketones is 1. The van der Waals surface area contributed by atoms with E-state index in [1.807, 2.05) is 0 Å². The van der Waals surface area contributed by atoms with Crippen molar-refractivity contribution in [3.8, 4) is 11.5 Å². The Hall–Kier alpha value is -2.54. The largest absolute Gasteiger partial charge is 0.506 e. The Morgan fingerprint density at radius 1 is 1.05 bits per heavy atom. The first-order valence-electron chi connectivity index (χ1n) is 5.87. The Balaban J connectivity index is 2.44. The molecular weight excluding hydrogens is 294 g/mol. The van der Waals surface area contributed by atoms with E-state index in [-0.39, 0.29) is 27.5 Å². The summed E-state index contributed by atoms with van der Waals surface area (Å²) in [5, 5.41) is 19.1. The average Bonchev–Trinajstić information content (AvgIpc) is 2.43. The summed E-state index contributed by atoms with van der Waals surface area (Å²) in [6.45, 7) is 0. The van der Waals surface area contributed by atoms with Gasteiger partial charge in [-0.05, 0) is 36.4 Å². The molecule has 0 heterocycles. The van der Waals surface area contributed by atoms with Crippen molar-refractivity contribution in [1.82, 2.24) is 0 Å². The number of phenols is 2.